The smallest absolute Gasteiger partial charge is 0.329 e. The number of carbonyl (C=O) groups excluding carboxylic acids is 4. The highest BCUT2D eigenvalue weighted by atomic mass is 16.5. The minimum absolute atomic E-state index is 0.180. The molecule has 0 bridgehead atoms. The number of hydrogen-bond acceptors (Lipinski definition) is 5. The van der Waals surface area contributed by atoms with Crippen LogP contribution in [-0.4, -0.2) is 58.7 Å². The van der Waals surface area contributed by atoms with Crippen molar-refractivity contribution in [3.05, 3.63) is 0 Å². The van der Waals surface area contributed by atoms with E-state index in [9.17, 15) is 19.2 Å². The van der Waals surface area contributed by atoms with E-state index in [-0.39, 0.29) is 23.9 Å². The number of nitrogens with zero attached hydrogens (tertiary/aromatic N) is 2. The Morgan fingerprint density at radius 2 is 1.73 bits per heavy atom. The number of ether oxygens (including phenoxy) is 1. The van der Waals surface area contributed by atoms with Gasteiger partial charge in [-0.3, -0.25) is 19.3 Å². The van der Waals surface area contributed by atoms with Gasteiger partial charge >= 0.3 is 17.8 Å². The van der Waals surface area contributed by atoms with Gasteiger partial charge in [0.05, 0.1) is 7.11 Å². The molecule has 1 saturated carbocycles. The number of fused-ring (bicyclic) bond motifs is 1. The molecule has 3 amide bonds. The van der Waals surface area contributed by atoms with Gasteiger partial charge in [0, 0.05) is 23.9 Å². The molecule has 7 heteroatoms. The van der Waals surface area contributed by atoms with Crippen LogP contribution in [0.2, 0.25) is 0 Å². The van der Waals surface area contributed by atoms with Crippen LogP contribution in [0.3, 0.4) is 0 Å². The van der Waals surface area contributed by atoms with Gasteiger partial charge in [0.15, 0.2) is 0 Å². The minimum Gasteiger partial charge on any atom is -0.467 e. The highest BCUT2D eigenvalue weighted by Gasteiger charge is 2.64. The Morgan fingerprint density at radius 3 is 2.18 bits per heavy atom. The molecule has 2 aliphatic rings. The zero-order valence-electron chi connectivity index (χ0n) is 13.5. The second-order valence-corrected chi connectivity index (χ2v) is 6.39. The van der Waals surface area contributed by atoms with Gasteiger partial charge < -0.3 is 9.64 Å². The Labute approximate surface area is 129 Å². The number of carbonyl (C=O) groups is 4. The highest BCUT2D eigenvalue weighted by molar-refractivity contribution is 6.38. The van der Waals surface area contributed by atoms with Crippen LogP contribution >= 0.6 is 0 Å². The number of imide groups is 1. The number of amides is 3. The van der Waals surface area contributed by atoms with Gasteiger partial charge in [-0.05, 0) is 34.1 Å². The molecular formula is C15H22N2O5. The monoisotopic (exact) mass is 310 g/mol. The topological polar surface area (TPSA) is 84.0 Å². The molecule has 0 N–H and O–H groups in total. The summed E-state index contributed by atoms with van der Waals surface area (Å²) >= 11 is 0. The first-order chi connectivity index (χ1) is 10.2. The van der Waals surface area contributed by atoms with Crippen molar-refractivity contribution in [3.8, 4) is 0 Å². The molecular weight excluding hydrogens is 288 g/mol. The molecule has 1 saturated heterocycles. The lowest BCUT2D eigenvalue weighted by Gasteiger charge is -2.32. The van der Waals surface area contributed by atoms with Gasteiger partial charge in [-0.2, -0.15) is 0 Å². The zero-order chi connectivity index (χ0) is 16.8. The summed E-state index contributed by atoms with van der Waals surface area (Å²) in [7, 11) is 1.21. The van der Waals surface area contributed by atoms with E-state index < -0.39 is 29.7 Å². The predicted octanol–water partition coefficient (Wildman–Crippen LogP) is 0.178. The van der Waals surface area contributed by atoms with Crippen LogP contribution in [0.5, 0.6) is 0 Å². The number of rotatable bonds is 3. The summed E-state index contributed by atoms with van der Waals surface area (Å²) in [6.07, 6.45) is 0.578. The second-order valence-electron chi connectivity index (χ2n) is 6.39. The second kappa shape index (κ2) is 5.70. The van der Waals surface area contributed by atoms with E-state index in [2.05, 4.69) is 4.74 Å². The third kappa shape index (κ3) is 2.48. The van der Waals surface area contributed by atoms with E-state index in [1.54, 1.807) is 27.7 Å². The average molecular weight is 310 g/mol. The van der Waals surface area contributed by atoms with Crippen molar-refractivity contribution in [2.75, 3.05) is 7.11 Å². The average Bonchev–Trinajstić information content (AvgIpc) is 3.16. The van der Waals surface area contributed by atoms with Gasteiger partial charge in [-0.1, -0.05) is 0 Å². The Morgan fingerprint density at radius 1 is 1.18 bits per heavy atom. The number of methoxy groups -OCH3 is 1. The molecule has 0 radical (unpaired) electrons. The van der Waals surface area contributed by atoms with Crippen LogP contribution in [0.15, 0.2) is 0 Å². The molecule has 0 unspecified atom stereocenters. The Bertz CT molecular complexity index is 520. The molecule has 3 atom stereocenters. The maximum atomic E-state index is 12.5. The van der Waals surface area contributed by atoms with Crippen LogP contribution < -0.4 is 0 Å². The SMILES string of the molecule is COC(=O)[C@@H]1[C@H]2C[C@H]2C(=O)N1C(=O)C(=O)N(C(C)C)C(C)C. The molecule has 0 spiro atoms. The largest absolute Gasteiger partial charge is 0.467 e. The summed E-state index contributed by atoms with van der Waals surface area (Å²) in [5.74, 6) is -3.30. The molecule has 1 aliphatic carbocycles. The molecule has 7 nitrogen and oxygen atoms in total. The summed E-state index contributed by atoms with van der Waals surface area (Å²) in [5, 5.41) is 0. The van der Waals surface area contributed by atoms with Crippen molar-refractivity contribution in [3.63, 3.8) is 0 Å². The summed E-state index contributed by atoms with van der Waals surface area (Å²) in [6.45, 7) is 7.19. The van der Waals surface area contributed by atoms with Crippen LogP contribution in [0.25, 0.3) is 0 Å². The fraction of sp³-hybridized carbons (Fsp3) is 0.733. The summed E-state index contributed by atoms with van der Waals surface area (Å²) in [5.41, 5.74) is 0. The third-order valence-corrected chi connectivity index (χ3v) is 4.27. The Kier molecular flexibility index (Phi) is 4.26. The number of piperidine rings is 1. The van der Waals surface area contributed by atoms with Gasteiger partial charge in [0.25, 0.3) is 0 Å². The zero-order valence-corrected chi connectivity index (χ0v) is 13.5. The van der Waals surface area contributed by atoms with Crippen LogP contribution in [-0.2, 0) is 23.9 Å². The highest BCUT2D eigenvalue weighted by Crippen LogP contribution is 2.50. The Hall–Kier alpha value is -1.92. The first-order valence-electron chi connectivity index (χ1n) is 7.49. The summed E-state index contributed by atoms with van der Waals surface area (Å²) < 4.78 is 4.69. The van der Waals surface area contributed by atoms with E-state index in [4.69, 9.17) is 0 Å². The summed E-state index contributed by atoms with van der Waals surface area (Å²) in [6, 6.07) is -1.32. The quantitative estimate of drug-likeness (QED) is 0.548. The molecule has 1 aliphatic heterocycles. The first-order valence-corrected chi connectivity index (χ1v) is 7.49. The lowest BCUT2D eigenvalue weighted by Crippen LogP contribution is -2.55. The van der Waals surface area contributed by atoms with Crippen molar-refractivity contribution in [1.29, 1.82) is 0 Å². The first kappa shape index (κ1) is 16.5. The van der Waals surface area contributed by atoms with Crippen molar-refractivity contribution in [2.24, 2.45) is 11.8 Å². The maximum absolute atomic E-state index is 12.5. The molecule has 0 aromatic rings. The van der Waals surface area contributed by atoms with E-state index in [0.717, 1.165) is 4.90 Å². The molecule has 1 heterocycles. The van der Waals surface area contributed by atoms with Gasteiger partial charge in [-0.25, -0.2) is 4.79 Å². The van der Waals surface area contributed by atoms with E-state index in [1.165, 1.54) is 12.0 Å². The van der Waals surface area contributed by atoms with Gasteiger partial charge in [-0.15, -0.1) is 0 Å². The maximum Gasteiger partial charge on any atom is 0.329 e. The van der Waals surface area contributed by atoms with Crippen LogP contribution in [0.1, 0.15) is 34.1 Å². The number of hydrogen-bond donors (Lipinski definition) is 0. The van der Waals surface area contributed by atoms with Gasteiger partial charge in [0.1, 0.15) is 6.04 Å². The van der Waals surface area contributed by atoms with Crippen molar-refractivity contribution in [2.45, 2.75) is 52.2 Å². The molecule has 2 rings (SSSR count). The van der Waals surface area contributed by atoms with Crippen LogP contribution in [0, 0.1) is 11.8 Å². The van der Waals surface area contributed by atoms with Crippen molar-refractivity contribution < 1.29 is 23.9 Å². The lowest BCUT2D eigenvalue weighted by molar-refractivity contribution is -0.164. The molecule has 0 aromatic heterocycles. The predicted molar refractivity (Wildman–Crippen MR) is 76.4 cm³/mol. The van der Waals surface area contributed by atoms with E-state index in [1.807, 2.05) is 0 Å². The molecule has 2 fully saturated rings. The van der Waals surface area contributed by atoms with Gasteiger partial charge in [0.2, 0.25) is 5.91 Å². The van der Waals surface area contributed by atoms with Crippen LogP contribution in [0.4, 0.5) is 0 Å². The van der Waals surface area contributed by atoms with Crippen molar-refractivity contribution in [1.82, 2.24) is 9.80 Å². The summed E-state index contributed by atoms with van der Waals surface area (Å²) in [4.78, 5) is 51.3. The Balaban J connectivity index is 2.25. The van der Waals surface area contributed by atoms with E-state index >= 15 is 0 Å². The standard InChI is InChI=1S/C15H22N2O5/c1-7(2)16(8(3)4)13(19)14(20)17-11(15(21)22-5)9-6-10(9)12(17)18/h7-11H,6H2,1-5H3/t9-,10+,11-/m0/s1. The fourth-order valence-electron chi connectivity index (χ4n) is 3.26. The number of likely N-dealkylation sites (tertiary alicyclic amines) is 1. The third-order valence-electron chi connectivity index (χ3n) is 4.27. The number of esters is 1. The fourth-order valence-corrected chi connectivity index (χ4v) is 3.26. The van der Waals surface area contributed by atoms with Crippen molar-refractivity contribution >= 4 is 23.7 Å². The molecule has 0 aromatic carbocycles. The molecule has 22 heavy (non-hydrogen) atoms. The molecule has 122 valence electrons. The normalized spacial score (nSPS) is 26.2. The van der Waals surface area contributed by atoms with E-state index in [0.29, 0.717) is 6.42 Å². The minimum atomic E-state index is -0.958. The lowest BCUT2D eigenvalue weighted by atomic mass is 10.1.